The van der Waals surface area contributed by atoms with E-state index < -0.39 is 0 Å². The van der Waals surface area contributed by atoms with E-state index in [0.717, 1.165) is 39.2 Å². The number of ether oxygens (including phenoxy) is 1. The molecule has 1 heterocycles. The monoisotopic (exact) mass is 299 g/mol. The quantitative estimate of drug-likeness (QED) is 0.658. The van der Waals surface area contributed by atoms with E-state index in [1.54, 1.807) is 0 Å². The number of nitrogens with one attached hydrogen (secondary N) is 1. The smallest absolute Gasteiger partial charge is 0.237 e. The summed E-state index contributed by atoms with van der Waals surface area (Å²) in [6, 6.07) is 0.0991. The van der Waals surface area contributed by atoms with Gasteiger partial charge in [0.2, 0.25) is 5.91 Å². The molecule has 0 bridgehead atoms. The fraction of sp³-hybridized carbons (Fsp3) is 0.938. The highest BCUT2D eigenvalue weighted by Crippen LogP contribution is 2.18. The van der Waals surface area contributed by atoms with Crippen LogP contribution in [-0.2, 0) is 9.53 Å². The highest BCUT2D eigenvalue weighted by molar-refractivity contribution is 5.82. The van der Waals surface area contributed by atoms with Gasteiger partial charge in [-0.3, -0.25) is 9.69 Å². The van der Waals surface area contributed by atoms with Crippen LogP contribution in [0.15, 0.2) is 0 Å². The molecule has 1 saturated heterocycles. The molecule has 1 fully saturated rings. The maximum atomic E-state index is 12.1. The molecule has 1 rings (SSSR count). The summed E-state index contributed by atoms with van der Waals surface area (Å²) in [4.78, 5) is 16.6. The predicted octanol–water partition coefficient (Wildman–Crippen LogP) is 1.19. The number of amides is 1. The standard InChI is InChI=1S/C16H33N3O2/c1-13(2)12-19-8-6-15(19)16(20)17-7-9-18(5)10-11-21-14(3)4/h13-15H,6-12H2,1-5H3,(H,17,20). The first kappa shape index (κ1) is 18.4. The Morgan fingerprint density at radius 3 is 2.57 bits per heavy atom. The summed E-state index contributed by atoms with van der Waals surface area (Å²) >= 11 is 0. The Bertz CT molecular complexity index is 308. The van der Waals surface area contributed by atoms with Gasteiger partial charge >= 0.3 is 0 Å². The van der Waals surface area contributed by atoms with Crippen LogP contribution in [0.5, 0.6) is 0 Å². The van der Waals surface area contributed by atoms with Gasteiger partial charge in [-0.05, 0) is 33.2 Å². The molecule has 1 unspecified atom stereocenters. The number of carbonyl (C=O) groups is 1. The van der Waals surface area contributed by atoms with Crippen molar-refractivity contribution >= 4 is 5.91 Å². The van der Waals surface area contributed by atoms with Gasteiger partial charge in [0.1, 0.15) is 0 Å². The number of likely N-dealkylation sites (N-methyl/N-ethyl adjacent to an activating group) is 1. The zero-order chi connectivity index (χ0) is 15.8. The third-order valence-corrected chi connectivity index (χ3v) is 3.75. The molecule has 0 radical (unpaired) electrons. The fourth-order valence-electron chi connectivity index (χ4n) is 2.47. The Labute approximate surface area is 130 Å². The van der Waals surface area contributed by atoms with E-state index in [1.165, 1.54) is 0 Å². The van der Waals surface area contributed by atoms with Crippen molar-refractivity contribution in [1.82, 2.24) is 15.1 Å². The van der Waals surface area contributed by atoms with Crippen LogP contribution in [0.3, 0.4) is 0 Å². The minimum atomic E-state index is 0.0991. The van der Waals surface area contributed by atoms with Crippen LogP contribution in [0, 0.1) is 5.92 Å². The van der Waals surface area contributed by atoms with Crippen LogP contribution in [0.25, 0.3) is 0 Å². The summed E-state index contributed by atoms with van der Waals surface area (Å²) in [5.74, 6) is 0.807. The van der Waals surface area contributed by atoms with Gasteiger partial charge in [0.05, 0.1) is 18.8 Å². The second kappa shape index (κ2) is 9.38. The first-order valence-corrected chi connectivity index (χ1v) is 8.22. The number of rotatable bonds is 10. The molecule has 0 saturated carbocycles. The molecule has 5 heteroatoms. The lowest BCUT2D eigenvalue weighted by Crippen LogP contribution is -2.57. The first-order valence-electron chi connectivity index (χ1n) is 8.22. The molecule has 1 amide bonds. The van der Waals surface area contributed by atoms with Gasteiger partial charge in [0.15, 0.2) is 0 Å². The van der Waals surface area contributed by atoms with Crippen molar-refractivity contribution in [3.05, 3.63) is 0 Å². The van der Waals surface area contributed by atoms with Crippen LogP contribution < -0.4 is 5.32 Å². The molecule has 21 heavy (non-hydrogen) atoms. The minimum Gasteiger partial charge on any atom is -0.377 e. The zero-order valence-corrected chi connectivity index (χ0v) is 14.4. The van der Waals surface area contributed by atoms with Crippen molar-refractivity contribution in [2.24, 2.45) is 5.92 Å². The van der Waals surface area contributed by atoms with E-state index in [0.29, 0.717) is 12.5 Å². The Hall–Kier alpha value is -0.650. The highest BCUT2D eigenvalue weighted by atomic mass is 16.5. The number of carbonyl (C=O) groups excluding carboxylic acids is 1. The van der Waals surface area contributed by atoms with Gasteiger partial charge in [-0.25, -0.2) is 0 Å². The average molecular weight is 299 g/mol. The second-order valence-corrected chi connectivity index (χ2v) is 6.71. The fourth-order valence-corrected chi connectivity index (χ4v) is 2.47. The Kier molecular flexibility index (Phi) is 8.22. The molecule has 1 aliphatic heterocycles. The molecular formula is C16H33N3O2. The van der Waals surface area contributed by atoms with E-state index in [4.69, 9.17) is 4.74 Å². The predicted molar refractivity (Wildman–Crippen MR) is 86.4 cm³/mol. The van der Waals surface area contributed by atoms with Crippen molar-refractivity contribution in [2.75, 3.05) is 46.4 Å². The largest absolute Gasteiger partial charge is 0.377 e. The van der Waals surface area contributed by atoms with Crippen LogP contribution in [0.4, 0.5) is 0 Å². The maximum absolute atomic E-state index is 12.1. The van der Waals surface area contributed by atoms with E-state index in [2.05, 4.69) is 36.0 Å². The van der Waals surface area contributed by atoms with Gasteiger partial charge < -0.3 is 15.0 Å². The average Bonchev–Trinajstić information content (AvgIpc) is 2.34. The summed E-state index contributed by atoms with van der Waals surface area (Å²) < 4.78 is 5.52. The van der Waals surface area contributed by atoms with Crippen molar-refractivity contribution in [3.8, 4) is 0 Å². The Balaban J connectivity index is 2.10. The van der Waals surface area contributed by atoms with E-state index >= 15 is 0 Å². The molecule has 1 aliphatic rings. The summed E-state index contributed by atoms with van der Waals surface area (Å²) in [6.45, 7) is 13.8. The van der Waals surface area contributed by atoms with Gasteiger partial charge in [0.25, 0.3) is 0 Å². The van der Waals surface area contributed by atoms with E-state index in [9.17, 15) is 4.79 Å². The molecule has 0 aromatic carbocycles. The second-order valence-electron chi connectivity index (χ2n) is 6.71. The molecule has 0 aromatic rings. The van der Waals surface area contributed by atoms with Crippen molar-refractivity contribution in [1.29, 1.82) is 0 Å². The van der Waals surface area contributed by atoms with Crippen LogP contribution >= 0.6 is 0 Å². The van der Waals surface area contributed by atoms with Crippen molar-refractivity contribution in [2.45, 2.75) is 46.3 Å². The molecule has 124 valence electrons. The zero-order valence-electron chi connectivity index (χ0n) is 14.4. The molecule has 5 nitrogen and oxygen atoms in total. The van der Waals surface area contributed by atoms with Gasteiger partial charge in [0, 0.05) is 32.7 Å². The van der Waals surface area contributed by atoms with Gasteiger partial charge in [-0.15, -0.1) is 0 Å². The summed E-state index contributed by atoms with van der Waals surface area (Å²) in [5, 5.41) is 3.05. The number of nitrogens with zero attached hydrogens (tertiary/aromatic N) is 2. The third kappa shape index (κ3) is 7.25. The normalized spacial score (nSPS) is 19.3. The third-order valence-electron chi connectivity index (χ3n) is 3.75. The number of hydrogen-bond acceptors (Lipinski definition) is 4. The summed E-state index contributed by atoms with van der Waals surface area (Å²) in [6.07, 6.45) is 1.28. The highest BCUT2D eigenvalue weighted by Gasteiger charge is 2.33. The molecule has 0 spiro atoms. The minimum absolute atomic E-state index is 0.0991. The van der Waals surface area contributed by atoms with Crippen molar-refractivity contribution < 1.29 is 9.53 Å². The Morgan fingerprint density at radius 1 is 1.33 bits per heavy atom. The maximum Gasteiger partial charge on any atom is 0.237 e. The van der Waals surface area contributed by atoms with Crippen LogP contribution in [-0.4, -0.2) is 74.2 Å². The van der Waals surface area contributed by atoms with Crippen LogP contribution in [0.2, 0.25) is 0 Å². The lowest BCUT2D eigenvalue weighted by Gasteiger charge is -2.40. The van der Waals surface area contributed by atoms with E-state index in [1.807, 2.05) is 13.8 Å². The van der Waals surface area contributed by atoms with Crippen LogP contribution in [0.1, 0.15) is 34.1 Å². The number of likely N-dealkylation sites (tertiary alicyclic amines) is 1. The molecule has 1 N–H and O–H groups in total. The molecule has 1 atom stereocenters. The topological polar surface area (TPSA) is 44.8 Å². The molecule has 0 aliphatic carbocycles. The summed E-state index contributed by atoms with van der Waals surface area (Å²) in [5.41, 5.74) is 0. The van der Waals surface area contributed by atoms with E-state index in [-0.39, 0.29) is 18.1 Å². The van der Waals surface area contributed by atoms with Gasteiger partial charge in [-0.1, -0.05) is 13.8 Å². The SMILES string of the molecule is CC(C)CN1CCC1C(=O)NCCN(C)CCOC(C)C. The van der Waals surface area contributed by atoms with Crippen molar-refractivity contribution in [3.63, 3.8) is 0 Å². The molecule has 0 aromatic heterocycles. The lowest BCUT2D eigenvalue weighted by atomic mass is 10.00. The number of hydrogen-bond donors (Lipinski definition) is 1. The lowest BCUT2D eigenvalue weighted by molar-refractivity contribution is -0.131. The first-order chi connectivity index (χ1) is 9.90. The van der Waals surface area contributed by atoms with Gasteiger partial charge in [-0.2, -0.15) is 0 Å². The molecular weight excluding hydrogens is 266 g/mol. The summed E-state index contributed by atoms with van der Waals surface area (Å²) in [7, 11) is 2.06. The Morgan fingerprint density at radius 2 is 2.05 bits per heavy atom.